The Morgan fingerprint density at radius 3 is 0.842 bits per heavy atom. The summed E-state index contributed by atoms with van der Waals surface area (Å²) in [5.41, 5.74) is 0. The Bertz CT molecular complexity index is 454. The standard InChI is InChI=1S/2C6H6O3.B/c2*7-4-2-1-3-5(8)6(4)9;/h2*1-3,7-9H;. The number of aromatic hydroxyl groups is 6. The van der Waals surface area contributed by atoms with E-state index in [1.165, 1.54) is 36.4 Å². The fraction of sp³-hybridized carbons (Fsp3) is 0. The number of phenols is 6. The zero-order valence-electron chi connectivity index (χ0n) is 9.72. The second kappa shape index (κ2) is 6.90. The monoisotopic (exact) mass is 263 g/mol. The Morgan fingerprint density at radius 1 is 0.474 bits per heavy atom. The van der Waals surface area contributed by atoms with Crippen molar-refractivity contribution in [1.29, 1.82) is 0 Å². The van der Waals surface area contributed by atoms with Gasteiger partial charge in [0, 0.05) is 8.41 Å². The van der Waals surface area contributed by atoms with E-state index in [1.807, 2.05) is 0 Å². The fourth-order valence-corrected chi connectivity index (χ4v) is 1.04. The van der Waals surface area contributed by atoms with E-state index in [1.54, 1.807) is 0 Å². The van der Waals surface area contributed by atoms with E-state index in [4.69, 9.17) is 30.6 Å². The first-order valence-corrected chi connectivity index (χ1v) is 4.83. The van der Waals surface area contributed by atoms with Crippen molar-refractivity contribution in [2.45, 2.75) is 0 Å². The number of hydrogen-bond donors (Lipinski definition) is 6. The van der Waals surface area contributed by atoms with Crippen LogP contribution >= 0.6 is 0 Å². The summed E-state index contributed by atoms with van der Waals surface area (Å²) in [6.45, 7) is 0. The van der Waals surface area contributed by atoms with Crippen molar-refractivity contribution in [3.05, 3.63) is 36.4 Å². The van der Waals surface area contributed by atoms with Crippen LogP contribution in [0.3, 0.4) is 0 Å². The summed E-state index contributed by atoms with van der Waals surface area (Å²) < 4.78 is 0. The maximum absolute atomic E-state index is 8.71. The lowest BCUT2D eigenvalue weighted by molar-refractivity contribution is 0.368. The second-order valence-electron chi connectivity index (χ2n) is 3.29. The Labute approximate surface area is 111 Å². The average Bonchev–Trinajstić information content (AvgIpc) is 2.34. The van der Waals surface area contributed by atoms with E-state index in [0.717, 1.165) is 0 Å². The highest BCUT2D eigenvalue weighted by Gasteiger charge is 2.01. The molecule has 0 aliphatic heterocycles. The van der Waals surface area contributed by atoms with Gasteiger partial charge in [0.25, 0.3) is 0 Å². The number of hydrogen-bond acceptors (Lipinski definition) is 6. The molecule has 19 heavy (non-hydrogen) atoms. The smallest absolute Gasteiger partial charge is 0.200 e. The van der Waals surface area contributed by atoms with Gasteiger partial charge in [-0.3, -0.25) is 0 Å². The SMILES string of the molecule is Oc1cccc(O)c1O.Oc1cccc(O)c1O.[B]. The topological polar surface area (TPSA) is 121 Å². The minimum absolute atomic E-state index is 0. The van der Waals surface area contributed by atoms with Crippen LogP contribution in [0.15, 0.2) is 36.4 Å². The van der Waals surface area contributed by atoms with Gasteiger partial charge in [-0.1, -0.05) is 12.1 Å². The lowest BCUT2D eigenvalue weighted by Crippen LogP contribution is -1.67. The highest BCUT2D eigenvalue weighted by molar-refractivity contribution is 5.75. The summed E-state index contributed by atoms with van der Waals surface area (Å²) in [6, 6.07) is 8.02. The molecule has 0 heterocycles. The predicted molar refractivity (Wildman–Crippen MR) is 68.6 cm³/mol. The Balaban J connectivity index is 0.000000324. The van der Waals surface area contributed by atoms with E-state index in [9.17, 15) is 0 Å². The molecule has 0 unspecified atom stereocenters. The molecule has 0 saturated heterocycles. The van der Waals surface area contributed by atoms with Crippen LogP contribution in [0.2, 0.25) is 0 Å². The molecule has 2 aromatic rings. The molecule has 6 N–H and O–H groups in total. The molecule has 0 spiro atoms. The van der Waals surface area contributed by atoms with Crippen LogP contribution < -0.4 is 0 Å². The van der Waals surface area contributed by atoms with Gasteiger partial charge in [-0.25, -0.2) is 0 Å². The molecule has 99 valence electrons. The van der Waals surface area contributed by atoms with E-state index in [-0.39, 0.29) is 31.4 Å². The van der Waals surface area contributed by atoms with Crippen molar-refractivity contribution < 1.29 is 30.6 Å². The van der Waals surface area contributed by atoms with Gasteiger partial charge in [0.15, 0.2) is 34.5 Å². The fourth-order valence-electron chi connectivity index (χ4n) is 1.04. The van der Waals surface area contributed by atoms with Gasteiger partial charge in [0.1, 0.15) is 0 Å². The van der Waals surface area contributed by atoms with Crippen molar-refractivity contribution in [3.8, 4) is 34.5 Å². The minimum Gasteiger partial charge on any atom is -0.504 e. The largest absolute Gasteiger partial charge is 0.504 e. The number of para-hydroxylation sites is 2. The second-order valence-corrected chi connectivity index (χ2v) is 3.29. The lowest BCUT2D eigenvalue weighted by Gasteiger charge is -1.96. The summed E-state index contributed by atoms with van der Waals surface area (Å²) in [5.74, 6) is -2.19. The summed E-state index contributed by atoms with van der Waals surface area (Å²) in [7, 11) is 0. The van der Waals surface area contributed by atoms with Crippen molar-refractivity contribution in [1.82, 2.24) is 0 Å². The molecule has 2 aromatic carbocycles. The number of benzene rings is 2. The first-order valence-electron chi connectivity index (χ1n) is 4.83. The molecule has 6 nitrogen and oxygen atoms in total. The van der Waals surface area contributed by atoms with Crippen LogP contribution in [0, 0.1) is 0 Å². The number of rotatable bonds is 0. The van der Waals surface area contributed by atoms with E-state index in [0.29, 0.717) is 0 Å². The Hall–Kier alpha value is -2.70. The Morgan fingerprint density at radius 2 is 0.684 bits per heavy atom. The van der Waals surface area contributed by atoms with Crippen LogP contribution in [0.1, 0.15) is 0 Å². The van der Waals surface area contributed by atoms with Gasteiger partial charge in [0.2, 0.25) is 0 Å². The molecule has 0 amide bonds. The first kappa shape index (κ1) is 16.3. The van der Waals surface area contributed by atoms with E-state index < -0.39 is 11.5 Å². The summed E-state index contributed by atoms with van der Waals surface area (Å²) in [4.78, 5) is 0. The van der Waals surface area contributed by atoms with Crippen LogP contribution in [-0.2, 0) is 0 Å². The van der Waals surface area contributed by atoms with Crippen molar-refractivity contribution >= 4 is 8.41 Å². The van der Waals surface area contributed by atoms with Crippen molar-refractivity contribution in [2.24, 2.45) is 0 Å². The average molecular weight is 263 g/mol. The molecule has 2 rings (SSSR count). The maximum Gasteiger partial charge on any atom is 0.200 e. The molecule has 7 heteroatoms. The molecular weight excluding hydrogens is 251 g/mol. The van der Waals surface area contributed by atoms with Crippen LogP contribution in [0.25, 0.3) is 0 Å². The molecule has 0 saturated carbocycles. The van der Waals surface area contributed by atoms with Crippen molar-refractivity contribution in [3.63, 3.8) is 0 Å². The van der Waals surface area contributed by atoms with Gasteiger partial charge in [-0.15, -0.1) is 0 Å². The third-order valence-electron chi connectivity index (χ3n) is 1.99. The zero-order valence-corrected chi connectivity index (χ0v) is 9.72. The van der Waals surface area contributed by atoms with Gasteiger partial charge < -0.3 is 30.6 Å². The third-order valence-corrected chi connectivity index (χ3v) is 1.99. The molecular formula is C12H12BO6. The van der Waals surface area contributed by atoms with Gasteiger partial charge in [0.05, 0.1) is 0 Å². The number of phenolic OH excluding ortho intramolecular Hbond substituents is 6. The highest BCUT2D eigenvalue weighted by Crippen LogP contribution is 2.33. The molecule has 0 atom stereocenters. The maximum atomic E-state index is 8.71. The van der Waals surface area contributed by atoms with Crippen LogP contribution in [0.4, 0.5) is 0 Å². The van der Waals surface area contributed by atoms with Crippen molar-refractivity contribution in [2.75, 3.05) is 0 Å². The van der Waals surface area contributed by atoms with E-state index in [2.05, 4.69) is 0 Å². The molecule has 0 aliphatic rings. The summed E-state index contributed by atoms with van der Waals surface area (Å²) in [6.07, 6.45) is 0. The van der Waals surface area contributed by atoms with Gasteiger partial charge >= 0.3 is 0 Å². The molecule has 0 aliphatic carbocycles. The predicted octanol–water partition coefficient (Wildman–Crippen LogP) is 1.23. The quantitative estimate of drug-likeness (QED) is 0.314. The summed E-state index contributed by atoms with van der Waals surface area (Å²) >= 11 is 0. The van der Waals surface area contributed by atoms with Gasteiger partial charge in [-0.2, -0.15) is 0 Å². The molecule has 0 fully saturated rings. The third kappa shape index (κ3) is 4.23. The molecule has 3 radical (unpaired) electrons. The Kier molecular flexibility index (Phi) is 5.92. The minimum atomic E-state index is -0.475. The highest BCUT2D eigenvalue weighted by atomic mass is 16.3. The van der Waals surface area contributed by atoms with Crippen LogP contribution in [-0.4, -0.2) is 39.1 Å². The van der Waals surface area contributed by atoms with E-state index >= 15 is 0 Å². The lowest BCUT2D eigenvalue weighted by atomic mass is 10.3. The van der Waals surface area contributed by atoms with Crippen LogP contribution in [0.5, 0.6) is 34.5 Å². The normalized spacial score (nSPS) is 8.84. The summed E-state index contributed by atoms with van der Waals surface area (Å²) in [5, 5.41) is 52.2. The molecule has 0 bridgehead atoms. The molecule has 0 aromatic heterocycles. The zero-order chi connectivity index (χ0) is 13.7. The van der Waals surface area contributed by atoms with Gasteiger partial charge in [-0.05, 0) is 24.3 Å². The first-order chi connectivity index (χ1) is 8.43.